The van der Waals surface area contributed by atoms with Crippen LogP contribution in [0.2, 0.25) is 0 Å². The van der Waals surface area contributed by atoms with Gasteiger partial charge < -0.3 is 4.90 Å². The minimum absolute atomic E-state index is 0.274. The van der Waals surface area contributed by atoms with E-state index in [-0.39, 0.29) is 11.6 Å². The van der Waals surface area contributed by atoms with E-state index in [9.17, 15) is 22.8 Å². The maximum Gasteiger partial charge on any atom is 0.418 e. The van der Waals surface area contributed by atoms with Crippen molar-refractivity contribution in [3.63, 3.8) is 0 Å². The van der Waals surface area contributed by atoms with Gasteiger partial charge in [-0.05, 0) is 30.9 Å². The van der Waals surface area contributed by atoms with Crippen LogP contribution in [0, 0.1) is 5.92 Å². The van der Waals surface area contributed by atoms with E-state index in [2.05, 4.69) is 0 Å². The van der Waals surface area contributed by atoms with Crippen molar-refractivity contribution in [3.8, 4) is 0 Å². The first kappa shape index (κ1) is 14.9. The number of rotatable bonds is 1. The van der Waals surface area contributed by atoms with Crippen molar-refractivity contribution in [2.45, 2.75) is 32.0 Å². The average molecular weight is 312 g/mol. The number of urea groups is 1. The molecule has 0 aliphatic carbocycles. The quantitative estimate of drug-likeness (QED) is 0.747. The molecule has 2 saturated heterocycles. The van der Waals surface area contributed by atoms with E-state index >= 15 is 0 Å². The SMILES string of the molecule is C[C@@H]1CCN2C(=O)N(c3ccccc3C(F)(F)F)C(=O)[C@H]2C1. The smallest absolute Gasteiger partial charge is 0.312 e. The van der Waals surface area contributed by atoms with Crippen LogP contribution < -0.4 is 4.90 Å². The summed E-state index contributed by atoms with van der Waals surface area (Å²) in [6.07, 6.45) is -3.37. The van der Waals surface area contributed by atoms with Crippen molar-refractivity contribution < 1.29 is 22.8 Å². The number of fused-ring (bicyclic) bond motifs is 1. The van der Waals surface area contributed by atoms with Gasteiger partial charge in [0.1, 0.15) is 6.04 Å². The molecule has 4 nitrogen and oxygen atoms in total. The molecule has 0 radical (unpaired) electrons. The summed E-state index contributed by atoms with van der Waals surface area (Å²) in [6, 6.07) is 3.39. The minimum Gasteiger partial charge on any atom is -0.312 e. The Labute approximate surface area is 125 Å². The number of carbonyl (C=O) groups is 2. The maximum absolute atomic E-state index is 13.1. The normalized spacial score (nSPS) is 25.6. The van der Waals surface area contributed by atoms with Crippen LogP contribution in [-0.2, 0) is 11.0 Å². The highest BCUT2D eigenvalue weighted by Crippen LogP contribution is 2.40. The van der Waals surface area contributed by atoms with Gasteiger partial charge in [0.05, 0.1) is 11.3 Å². The lowest BCUT2D eigenvalue weighted by molar-refractivity contribution is -0.137. The molecule has 3 rings (SSSR count). The molecule has 22 heavy (non-hydrogen) atoms. The van der Waals surface area contributed by atoms with Crippen molar-refractivity contribution in [2.75, 3.05) is 11.4 Å². The Balaban J connectivity index is 2.03. The highest BCUT2D eigenvalue weighted by Gasteiger charge is 2.49. The first-order valence-corrected chi connectivity index (χ1v) is 7.11. The summed E-state index contributed by atoms with van der Waals surface area (Å²) >= 11 is 0. The fraction of sp³-hybridized carbons (Fsp3) is 0.467. The molecule has 0 aromatic heterocycles. The molecule has 0 unspecified atom stereocenters. The van der Waals surface area contributed by atoms with Crippen LogP contribution in [0.25, 0.3) is 0 Å². The van der Waals surface area contributed by atoms with E-state index in [4.69, 9.17) is 0 Å². The molecule has 1 aromatic carbocycles. The summed E-state index contributed by atoms with van der Waals surface area (Å²) in [5.74, 6) is -0.288. The lowest BCUT2D eigenvalue weighted by atomic mass is 9.93. The summed E-state index contributed by atoms with van der Waals surface area (Å²) in [5, 5.41) is 0. The monoisotopic (exact) mass is 312 g/mol. The van der Waals surface area contributed by atoms with Gasteiger partial charge in [-0.3, -0.25) is 4.79 Å². The summed E-state index contributed by atoms with van der Waals surface area (Å²) in [6.45, 7) is 2.38. The Morgan fingerprint density at radius 2 is 1.86 bits per heavy atom. The van der Waals surface area contributed by atoms with Gasteiger partial charge in [-0.25, -0.2) is 9.69 Å². The van der Waals surface area contributed by atoms with Gasteiger partial charge in [0.2, 0.25) is 0 Å². The summed E-state index contributed by atoms with van der Waals surface area (Å²) in [4.78, 5) is 26.9. The number of benzene rings is 1. The van der Waals surface area contributed by atoms with E-state index in [0.29, 0.717) is 17.9 Å². The van der Waals surface area contributed by atoms with E-state index in [1.54, 1.807) is 0 Å². The van der Waals surface area contributed by atoms with Crippen LogP contribution in [0.15, 0.2) is 24.3 Å². The number of hydrogen-bond acceptors (Lipinski definition) is 2. The number of alkyl halides is 3. The van der Waals surface area contributed by atoms with Crippen LogP contribution in [0.1, 0.15) is 25.3 Å². The molecule has 7 heteroatoms. The van der Waals surface area contributed by atoms with Crippen LogP contribution in [0.3, 0.4) is 0 Å². The molecule has 1 aromatic rings. The zero-order valence-electron chi connectivity index (χ0n) is 11.9. The number of para-hydroxylation sites is 1. The van der Waals surface area contributed by atoms with Crippen molar-refractivity contribution in [3.05, 3.63) is 29.8 Å². The fourth-order valence-corrected chi connectivity index (χ4v) is 3.11. The third-order valence-electron chi connectivity index (χ3n) is 4.26. The number of imide groups is 1. The molecular weight excluding hydrogens is 297 g/mol. The lowest BCUT2D eigenvalue weighted by Gasteiger charge is -2.30. The van der Waals surface area contributed by atoms with E-state index in [0.717, 1.165) is 12.5 Å². The zero-order chi connectivity index (χ0) is 16.1. The second-order valence-corrected chi connectivity index (χ2v) is 5.81. The molecule has 2 heterocycles. The number of anilines is 1. The molecule has 2 aliphatic heterocycles. The molecule has 0 N–H and O–H groups in total. The molecular formula is C15H15F3N2O2. The molecule has 2 atom stereocenters. The number of piperidine rings is 1. The predicted molar refractivity (Wildman–Crippen MR) is 73.2 cm³/mol. The van der Waals surface area contributed by atoms with Crippen molar-refractivity contribution >= 4 is 17.6 Å². The van der Waals surface area contributed by atoms with Gasteiger partial charge in [0.15, 0.2) is 0 Å². The van der Waals surface area contributed by atoms with Crippen LogP contribution in [0.5, 0.6) is 0 Å². The van der Waals surface area contributed by atoms with Crippen LogP contribution in [-0.4, -0.2) is 29.4 Å². The Hall–Kier alpha value is -2.05. The van der Waals surface area contributed by atoms with Crippen molar-refractivity contribution in [2.24, 2.45) is 5.92 Å². The fourth-order valence-electron chi connectivity index (χ4n) is 3.11. The first-order chi connectivity index (χ1) is 10.3. The van der Waals surface area contributed by atoms with Gasteiger partial charge >= 0.3 is 12.2 Å². The highest BCUT2D eigenvalue weighted by molar-refractivity contribution is 6.21. The van der Waals surface area contributed by atoms with Gasteiger partial charge in [0.25, 0.3) is 5.91 Å². The molecule has 0 bridgehead atoms. The van der Waals surface area contributed by atoms with E-state index in [1.807, 2.05) is 6.92 Å². The van der Waals surface area contributed by atoms with E-state index in [1.165, 1.54) is 23.1 Å². The van der Waals surface area contributed by atoms with Gasteiger partial charge in [0, 0.05) is 6.54 Å². The summed E-state index contributed by atoms with van der Waals surface area (Å²) < 4.78 is 39.4. The topological polar surface area (TPSA) is 40.6 Å². The third kappa shape index (κ3) is 2.24. The Kier molecular flexibility index (Phi) is 3.38. The zero-order valence-corrected chi connectivity index (χ0v) is 11.9. The minimum atomic E-state index is -4.62. The van der Waals surface area contributed by atoms with Gasteiger partial charge in [-0.2, -0.15) is 13.2 Å². The van der Waals surface area contributed by atoms with Gasteiger partial charge in [-0.15, -0.1) is 0 Å². The van der Waals surface area contributed by atoms with E-state index < -0.39 is 29.7 Å². The number of amides is 3. The standard InChI is InChI=1S/C15H15F3N2O2/c1-9-6-7-19-12(8-9)13(21)20(14(19)22)11-5-3-2-4-10(11)15(16,17)18/h2-5,9,12H,6-8H2,1H3/t9-,12-/m1/s1. The third-order valence-corrected chi connectivity index (χ3v) is 4.26. The highest BCUT2D eigenvalue weighted by atomic mass is 19.4. The number of hydrogen-bond donors (Lipinski definition) is 0. The largest absolute Gasteiger partial charge is 0.418 e. The van der Waals surface area contributed by atoms with Crippen molar-refractivity contribution in [1.82, 2.24) is 4.90 Å². The predicted octanol–water partition coefficient (Wildman–Crippen LogP) is 3.27. The van der Waals surface area contributed by atoms with Crippen molar-refractivity contribution in [1.29, 1.82) is 0 Å². The van der Waals surface area contributed by atoms with Crippen LogP contribution in [0.4, 0.5) is 23.7 Å². The molecule has 3 amide bonds. The lowest BCUT2D eigenvalue weighted by Crippen LogP contribution is -2.41. The molecule has 0 saturated carbocycles. The molecule has 118 valence electrons. The van der Waals surface area contributed by atoms with Crippen LogP contribution >= 0.6 is 0 Å². The average Bonchev–Trinajstić information content (AvgIpc) is 2.69. The molecule has 2 fully saturated rings. The molecule has 0 spiro atoms. The number of nitrogens with zero attached hydrogens (tertiary/aromatic N) is 2. The second-order valence-electron chi connectivity index (χ2n) is 5.81. The number of halogens is 3. The first-order valence-electron chi connectivity index (χ1n) is 7.11. The Morgan fingerprint density at radius 3 is 2.55 bits per heavy atom. The summed E-state index contributed by atoms with van der Waals surface area (Å²) in [7, 11) is 0. The Bertz CT molecular complexity index is 629. The Morgan fingerprint density at radius 1 is 1.18 bits per heavy atom. The van der Waals surface area contributed by atoms with Gasteiger partial charge in [-0.1, -0.05) is 19.1 Å². The summed E-state index contributed by atoms with van der Waals surface area (Å²) in [5.41, 5.74) is -1.35. The second kappa shape index (κ2) is 5.00. The number of carbonyl (C=O) groups excluding carboxylic acids is 2. The maximum atomic E-state index is 13.1. The molecule has 2 aliphatic rings.